The van der Waals surface area contributed by atoms with Gasteiger partial charge >= 0.3 is 12.0 Å². The van der Waals surface area contributed by atoms with Crippen LogP contribution in [0.25, 0.3) is 0 Å². The van der Waals surface area contributed by atoms with Gasteiger partial charge in [0.1, 0.15) is 9.88 Å². The zero-order valence-corrected chi connectivity index (χ0v) is 12.3. The molecular weight excluding hydrogens is 278 g/mol. The van der Waals surface area contributed by atoms with Crippen LogP contribution in [0.4, 0.5) is 4.79 Å². The van der Waals surface area contributed by atoms with Crippen LogP contribution >= 0.6 is 11.3 Å². The summed E-state index contributed by atoms with van der Waals surface area (Å²) in [5.41, 5.74) is 1.79. The normalized spacial score (nSPS) is 14.9. The summed E-state index contributed by atoms with van der Waals surface area (Å²) >= 11 is 1.10. The van der Waals surface area contributed by atoms with Crippen LogP contribution in [0.2, 0.25) is 0 Å². The number of aromatic carboxylic acids is 1. The second kappa shape index (κ2) is 6.04. The molecule has 0 fully saturated rings. The zero-order chi connectivity index (χ0) is 14.7. The van der Waals surface area contributed by atoms with Gasteiger partial charge in [-0.05, 0) is 20.3 Å². The van der Waals surface area contributed by atoms with Crippen molar-refractivity contribution in [3.8, 4) is 0 Å². The standard InChI is InChI=1S/C13H17N3O3S/c1-8-3-5-16(6-4-8)13(19)14-7-10-15-9(2)11(20-10)12(17)18/h3H,4-7H2,1-2H3,(H,14,19)(H,17,18). The van der Waals surface area contributed by atoms with E-state index in [2.05, 4.69) is 17.2 Å². The number of carboxylic acid groups (broad SMARTS) is 1. The second-order valence-electron chi connectivity index (χ2n) is 4.73. The van der Waals surface area contributed by atoms with Crippen LogP contribution in [-0.2, 0) is 6.54 Å². The lowest BCUT2D eigenvalue weighted by Crippen LogP contribution is -2.41. The van der Waals surface area contributed by atoms with E-state index < -0.39 is 5.97 Å². The first-order chi connectivity index (χ1) is 9.47. The van der Waals surface area contributed by atoms with Gasteiger partial charge in [0.05, 0.1) is 12.2 Å². The minimum atomic E-state index is -0.978. The summed E-state index contributed by atoms with van der Waals surface area (Å²) in [6, 6.07) is -0.140. The van der Waals surface area contributed by atoms with Gasteiger partial charge in [-0.1, -0.05) is 11.6 Å². The van der Waals surface area contributed by atoms with E-state index in [0.29, 0.717) is 23.8 Å². The van der Waals surface area contributed by atoms with Crippen molar-refractivity contribution in [1.29, 1.82) is 0 Å². The van der Waals surface area contributed by atoms with Crippen molar-refractivity contribution in [3.63, 3.8) is 0 Å². The predicted octanol–water partition coefficient (Wildman–Crippen LogP) is 2.01. The molecule has 1 aliphatic heterocycles. The SMILES string of the molecule is CC1=CCN(C(=O)NCc2nc(C)c(C(=O)O)s2)CC1. The van der Waals surface area contributed by atoms with Crippen molar-refractivity contribution in [1.82, 2.24) is 15.2 Å². The van der Waals surface area contributed by atoms with Crippen molar-refractivity contribution < 1.29 is 14.7 Å². The molecule has 0 saturated carbocycles. The first kappa shape index (κ1) is 14.5. The zero-order valence-electron chi connectivity index (χ0n) is 11.5. The van der Waals surface area contributed by atoms with Crippen LogP contribution in [0, 0.1) is 6.92 Å². The number of hydrogen-bond acceptors (Lipinski definition) is 4. The Morgan fingerprint density at radius 3 is 2.80 bits per heavy atom. The van der Waals surface area contributed by atoms with Crippen LogP contribution < -0.4 is 5.32 Å². The Hall–Kier alpha value is -1.89. The topological polar surface area (TPSA) is 82.5 Å². The van der Waals surface area contributed by atoms with Crippen molar-refractivity contribution in [2.75, 3.05) is 13.1 Å². The van der Waals surface area contributed by atoms with E-state index in [-0.39, 0.29) is 17.5 Å². The van der Waals surface area contributed by atoms with Crippen molar-refractivity contribution in [2.45, 2.75) is 26.8 Å². The molecule has 2 heterocycles. The van der Waals surface area contributed by atoms with Gasteiger partial charge in [-0.25, -0.2) is 14.6 Å². The first-order valence-corrected chi connectivity index (χ1v) is 7.17. The highest BCUT2D eigenvalue weighted by molar-refractivity contribution is 7.13. The molecule has 2 rings (SSSR count). The van der Waals surface area contributed by atoms with E-state index in [1.807, 2.05) is 6.08 Å². The van der Waals surface area contributed by atoms with Crippen molar-refractivity contribution in [2.24, 2.45) is 0 Å². The van der Waals surface area contributed by atoms with Crippen LogP contribution in [0.5, 0.6) is 0 Å². The fourth-order valence-corrected chi connectivity index (χ4v) is 2.79. The van der Waals surface area contributed by atoms with E-state index in [1.54, 1.807) is 11.8 Å². The minimum absolute atomic E-state index is 0.140. The number of carbonyl (C=O) groups is 2. The number of hydrogen-bond donors (Lipinski definition) is 2. The summed E-state index contributed by atoms with van der Waals surface area (Å²) in [7, 11) is 0. The molecule has 2 N–H and O–H groups in total. The highest BCUT2D eigenvalue weighted by atomic mass is 32.1. The van der Waals surface area contributed by atoms with E-state index in [4.69, 9.17) is 5.11 Å². The second-order valence-corrected chi connectivity index (χ2v) is 5.82. The van der Waals surface area contributed by atoms with Gasteiger partial charge in [0.2, 0.25) is 0 Å². The fraction of sp³-hybridized carbons (Fsp3) is 0.462. The van der Waals surface area contributed by atoms with Gasteiger partial charge in [-0.3, -0.25) is 0 Å². The Bertz CT molecular complexity index is 565. The molecule has 6 nitrogen and oxygen atoms in total. The number of nitrogens with zero attached hydrogens (tertiary/aromatic N) is 2. The fourth-order valence-electron chi connectivity index (χ4n) is 1.94. The summed E-state index contributed by atoms with van der Waals surface area (Å²) < 4.78 is 0. The molecule has 108 valence electrons. The molecule has 1 aliphatic rings. The van der Waals surface area contributed by atoms with Gasteiger partial charge < -0.3 is 15.3 Å². The molecule has 7 heteroatoms. The molecule has 0 bridgehead atoms. The molecular formula is C13H17N3O3S. The summed E-state index contributed by atoms with van der Waals surface area (Å²) in [5, 5.41) is 12.3. The number of carbonyl (C=O) groups excluding carboxylic acids is 1. The van der Waals surface area contributed by atoms with E-state index in [0.717, 1.165) is 17.8 Å². The average Bonchev–Trinajstić information content (AvgIpc) is 2.78. The average molecular weight is 295 g/mol. The smallest absolute Gasteiger partial charge is 0.347 e. The van der Waals surface area contributed by atoms with E-state index >= 15 is 0 Å². The molecule has 0 aromatic carbocycles. The molecule has 0 unspecified atom stereocenters. The first-order valence-electron chi connectivity index (χ1n) is 6.35. The third-order valence-electron chi connectivity index (χ3n) is 3.15. The number of carboxylic acids is 1. The summed E-state index contributed by atoms with van der Waals surface area (Å²) in [4.78, 5) is 29.0. The lowest BCUT2D eigenvalue weighted by molar-refractivity contribution is 0.0701. The maximum Gasteiger partial charge on any atom is 0.347 e. The molecule has 1 aromatic heterocycles. The number of amides is 2. The molecule has 20 heavy (non-hydrogen) atoms. The molecule has 1 aromatic rings. The lowest BCUT2D eigenvalue weighted by Gasteiger charge is -2.25. The Labute approximate surface area is 121 Å². The minimum Gasteiger partial charge on any atom is -0.477 e. The van der Waals surface area contributed by atoms with Crippen molar-refractivity contribution >= 4 is 23.3 Å². The highest BCUT2D eigenvalue weighted by Crippen LogP contribution is 2.18. The molecule has 0 atom stereocenters. The van der Waals surface area contributed by atoms with E-state index in [1.165, 1.54) is 5.57 Å². The third-order valence-corrected chi connectivity index (χ3v) is 4.29. The van der Waals surface area contributed by atoms with Gasteiger partial charge in [-0.15, -0.1) is 11.3 Å². The monoisotopic (exact) mass is 295 g/mol. The summed E-state index contributed by atoms with van der Waals surface area (Å²) in [5.74, 6) is -0.978. The Kier molecular flexibility index (Phi) is 4.39. The summed E-state index contributed by atoms with van der Waals surface area (Å²) in [6.45, 7) is 5.31. The number of urea groups is 1. The molecule has 2 amide bonds. The highest BCUT2D eigenvalue weighted by Gasteiger charge is 2.17. The van der Waals surface area contributed by atoms with Gasteiger partial charge in [0.25, 0.3) is 0 Å². The van der Waals surface area contributed by atoms with Crippen LogP contribution in [0.1, 0.15) is 33.7 Å². The van der Waals surface area contributed by atoms with Crippen LogP contribution in [0.3, 0.4) is 0 Å². The van der Waals surface area contributed by atoms with Crippen LogP contribution in [0.15, 0.2) is 11.6 Å². The van der Waals surface area contributed by atoms with Gasteiger partial charge in [0.15, 0.2) is 0 Å². The quantitative estimate of drug-likeness (QED) is 0.836. The Morgan fingerprint density at radius 1 is 1.50 bits per heavy atom. The predicted molar refractivity (Wildman–Crippen MR) is 76.0 cm³/mol. The van der Waals surface area contributed by atoms with Gasteiger partial charge in [-0.2, -0.15) is 0 Å². The van der Waals surface area contributed by atoms with E-state index in [9.17, 15) is 9.59 Å². The maximum absolute atomic E-state index is 11.9. The lowest BCUT2D eigenvalue weighted by atomic mass is 10.1. The number of aryl methyl sites for hydroxylation is 1. The maximum atomic E-state index is 11.9. The van der Waals surface area contributed by atoms with Gasteiger partial charge in [0, 0.05) is 13.1 Å². The Morgan fingerprint density at radius 2 is 2.25 bits per heavy atom. The molecule has 0 radical (unpaired) electrons. The number of rotatable bonds is 3. The number of nitrogens with one attached hydrogen (secondary N) is 1. The largest absolute Gasteiger partial charge is 0.477 e. The molecule has 0 spiro atoms. The number of thiazole rings is 1. The molecule has 0 aliphatic carbocycles. The van der Waals surface area contributed by atoms with Crippen LogP contribution in [-0.4, -0.2) is 40.1 Å². The molecule has 0 saturated heterocycles. The summed E-state index contributed by atoms with van der Waals surface area (Å²) in [6.07, 6.45) is 2.94. The third kappa shape index (κ3) is 3.36. The number of aromatic nitrogens is 1. The van der Waals surface area contributed by atoms with Crippen molar-refractivity contribution in [3.05, 3.63) is 27.2 Å². The Balaban J connectivity index is 1.90.